The number of allylic oxidation sites excluding steroid dienone is 4. The summed E-state index contributed by atoms with van der Waals surface area (Å²) in [5, 5.41) is 10.7. The third-order valence-corrected chi connectivity index (χ3v) is 21.8. The standard InChI is InChI=1S/C86H164O17P2/c1-8-10-11-12-13-14-15-16-23-30-35-40-45-53-60-67-83(88)96-73-81(102-85(90)69-62-56-47-42-37-32-27-22-21-25-29-34-39-44-51-58-65-78(5)6)75-100-104(92,93)98-71-80(87)72-99-105(94,95)101-76-82(74-97-84(89)68-61-54-49-48-52-59-66-79(7)9-2)103-86(91)70-63-55-46-41-36-31-26-20-18-17-19-24-28-33-38-43-50-57-64-77(3)4/h14-16,23,77-82,87H,8-13,17-22,24-76H2,1-7H3,(H,92,93)(H,94,95)/b15-14-,23-16-/t79?,80-,81-,82-/m1/s1. The predicted octanol–water partition coefficient (Wildman–Crippen LogP) is 25.6. The van der Waals surface area contributed by atoms with Gasteiger partial charge in [0.05, 0.1) is 26.4 Å². The molecule has 0 heterocycles. The van der Waals surface area contributed by atoms with Gasteiger partial charge in [-0.25, -0.2) is 9.13 Å². The molecule has 0 aromatic heterocycles. The third-order valence-electron chi connectivity index (χ3n) is 19.9. The highest BCUT2D eigenvalue weighted by atomic mass is 31.2. The number of ether oxygens (including phenoxy) is 4. The molecule has 0 spiro atoms. The van der Waals surface area contributed by atoms with E-state index in [9.17, 15) is 43.2 Å². The van der Waals surface area contributed by atoms with E-state index in [2.05, 4.69) is 72.8 Å². The number of rotatable bonds is 82. The van der Waals surface area contributed by atoms with Crippen LogP contribution in [0.15, 0.2) is 24.3 Å². The lowest BCUT2D eigenvalue weighted by Crippen LogP contribution is -2.30. The molecule has 0 aliphatic heterocycles. The van der Waals surface area contributed by atoms with E-state index in [1.165, 1.54) is 212 Å². The number of phosphoric acid groups is 2. The van der Waals surface area contributed by atoms with Crippen LogP contribution in [0.25, 0.3) is 0 Å². The summed E-state index contributed by atoms with van der Waals surface area (Å²) in [7, 11) is -9.94. The zero-order valence-electron chi connectivity index (χ0n) is 68.7. The van der Waals surface area contributed by atoms with Gasteiger partial charge in [0.1, 0.15) is 19.3 Å². The van der Waals surface area contributed by atoms with Gasteiger partial charge in [-0.1, -0.05) is 375 Å². The van der Waals surface area contributed by atoms with Crippen LogP contribution in [0.2, 0.25) is 0 Å². The largest absolute Gasteiger partial charge is 0.472 e. The number of aliphatic hydroxyl groups excluding tert-OH is 1. The average Bonchev–Trinajstić information content (AvgIpc) is 0.937. The number of esters is 4. The molecule has 17 nitrogen and oxygen atoms in total. The van der Waals surface area contributed by atoms with Crippen molar-refractivity contribution < 1.29 is 80.2 Å². The first kappa shape index (κ1) is 103. The van der Waals surface area contributed by atoms with Crippen molar-refractivity contribution in [2.24, 2.45) is 17.8 Å². The lowest BCUT2D eigenvalue weighted by Gasteiger charge is -2.21. The molecular weight excluding hydrogens is 1370 g/mol. The quantitative estimate of drug-likeness (QED) is 0.0169. The van der Waals surface area contributed by atoms with Gasteiger partial charge in [0, 0.05) is 25.7 Å². The Labute approximate surface area is 643 Å². The molecule has 0 fully saturated rings. The van der Waals surface area contributed by atoms with Crippen molar-refractivity contribution in [2.75, 3.05) is 39.6 Å². The molecule has 0 aliphatic carbocycles. The van der Waals surface area contributed by atoms with E-state index in [0.717, 1.165) is 133 Å². The van der Waals surface area contributed by atoms with Gasteiger partial charge in [-0.3, -0.25) is 37.3 Å². The molecule has 105 heavy (non-hydrogen) atoms. The van der Waals surface area contributed by atoms with Crippen LogP contribution >= 0.6 is 15.6 Å². The molecular formula is C86H164O17P2. The molecule has 3 unspecified atom stereocenters. The fraction of sp³-hybridized carbons (Fsp3) is 0.907. The third kappa shape index (κ3) is 78.0. The van der Waals surface area contributed by atoms with Gasteiger partial charge >= 0.3 is 39.5 Å². The number of hydrogen-bond acceptors (Lipinski definition) is 15. The molecule has 620 valence electrons. The van der Waals surface area contributed by atoms with Crippen LogP contribution in [-0.2, 0) is 65.4 Å². The van der Waals surface area contributed by atoms with Crippen molar-refractivity contribution >= 4 is 39.5 Å². The molecule has 0 rings (SSSR count). The number of hydrogen-bond donors (Lipinski definition) is 3. The molecule has 0 aromatic rings. The Kier molecular flexibility index (Phi) is 73.8. The van der Waals surface area contributed by atoms with Crippen LogP contribution in [0.4, 0.5) is 0 Å². The maximum absolute atomic E-state index is 13.1. The summed E-state index contributed by atoms with van der Waals surface area (Å²) >= 11 is 0. The molecule has 3 N–H and O–H groups in total. The summed E-state index contributed by atoms with van der Waals surface area (Å²) in [5.41, 5.74) is 0. The molecule has 0 bridgehead atoms. The van der Waals surface area contributed by atoms with Crippen molar-refractivity contribution in [2.45, 2.75) is 446 Å². The Morgan fingerprint density at radius 3 is 0.848 bits per heavy atom. The van der Waals surface area contributed by atoms with E-state index in [1.807, 2.05) is 0 Å². The fourth-order valence-electron chi connectivity index (χ4n) is 12.8. The van der Waals surface area contributed by atoms with E-state index in [4.69, 9.17) is 37.0 Å². The van der Waals surface area contributed by atoms with Crippen LogP contribution in [0, 0.1) is 17.8 Å². The normalized spacial score (nSPS) is 14.3. The van der Waals surface area contributed by atoms with Crippen LogP contribution in [0.5, 0.6) is 0 Å². The van der Waals surface area contributed by atoms with Gasteiger partial charge in [0.25, 0.3) is 0 Å². The van der Waals surface area contributed by atoms with Gasteiger partial charge in [-0.05, 0) is 69.1 Å². The molecule has 19 heteroatoms. The van der Waals surface area contributed by atoms with Gasteiger partial charge < -0.3 is 33.8 Å². The van der Waals surface area contributed by atoms with Gasteiger partial charge in [-0.2, -0.15) is 0 Å². The summed E-state index contributed by atoms with van der Waals surface area (Å²) in [4.78, 5) is 73.2. The van der Waals surface area contributed by atoms with Gasteiger partial charge in [0.15, 0.2) is 12.2 Å². The van der Waals surface area contributed by atoms with Crippen molar-refractivity contribution in [1.29, 1.82) is 0 Å². The second kappa shape index (κ2) is 75.6. The number of carbonyl (C=O) groups is 4. The second-order valence-electron chi connectivity index (χ2n) is 31.4. The Morgan fingerprint density at radius 2 is 0.562 bits per heavy atom. The minimum absolute atomic E-state index is 0.101. The molecule has 0 aliphatic rings. The van der Waals surface area contributed by atoms with E-state index in [1.54, 1.807) is 0 Å². The number of phosphoric ester groups is 2. The summed E-state index contributed by atoms with van der Waals surface area (Å²) in [6.45, 7) is 11.9. The van der Waals surface area contributed by atoms with Crippen LogP contribution < -0.4 is 0 Å². The minimum atomic E-state index is -4.97. The zero-order chi connectivity index (χ0) is 77.2. The number of carbonyl (C=O) groups excluding carboxylic acids is 4. The van der Waals surface area contributed by atoms with Gasteiger partial charge in [-0.15, -0.1) is 0 Å². The highest BCUT2D eigenvalue weighted by Crippen LogP contribution is 2.45. The summed E-state index contributed by atoms with van der Waals surface area (Å²) < 4.78 is 68.8. The summed E-state index contributed by atoms with van der Waals surface area (Å²) in [6, 6.07) is 0. The first-order valence-corrected chi connectivity index (χ1v) is 46.7. The molecule has 0 saturated carbocycles. The fourth-order valence-corrected chi connectivity index (χ4v) is 14.4. The van der Waals surface area contributed by atoms with Crippen molar-refractivity contribution in [3.05, 3.63) is 24.3 Å². The molecule has 6 atom stereocenters. The van der Waals surface area contributed by atoms with E-state index >= 15 is 0 Å². The Balaban J connectivity index is 5.24. The SMILES string of the molecule is CCCCCC/C=C\C=C/CCCCCCCC(=O)OC[C@H](COP(=O)(O)OC[C@@H](O)COP(=O)(O)OC[C@@H](COC(=O)CCCCCCCCC(C)CC)OC(=O)CCCCCCCCCCCCCCCCCCCCC(C)C)OC(=O)CCCCCCCCCCCCCCCCCCC(C)C. The zero-order valence-corrected chi connectivity index (χ0v) is 70.5. The molecule has 0 saturated heterocycles. The monoisotopic (exact) mass is 1530 g/mol. The van der Waals surface area contributed by atoms with E-state index < -0.39 is 97.5 Å². The van der Waals surface area contributed by atoms with Crippen molar-refractivity contribution in [3.8, 4) is 0 Å². The Hall–Kier alpha value is -2.46. The van der Waals surface area contributed by atoms with E-state index in [-0.39, 0.29) is 25.7 Å². The number of aliphatic hydroxyl groups is 1. The Morgan fingerprint density at radius 1 is 0.314 bits per heavy atom. The van der Waals surface area contributed by atoms with Crippen molar-refractivity contribution in [1.82, 2.24) is 0 Å². The maximum atomic E-state index is 13.1. The predicted molar refractivity (Wildman–Crippen MR) is 432 cm³/mol. The summed E-state index contributed by atoms with van der Waals surface area (Å²) in [5.74, 6) is 0.219. The first-order chi connectivity index (χ1) is 50.8. The van der Waals surface area contributed by atoms with Crippen molar-refractivity contribution in [3.63, 3.8) is 0 Å². The molecule has 0 aromatic carbocycles. The highest BCUT2D eigenvalue weighted by molar-refractivity contribution is 7.47. The first-order valence-electron chi connectivity index (χ1n) is 43.7. The van der Waals surface area contributed by atoms with Crippen LogP contribution in [0.3, 0.4) is 0 Å². The minimum Gasteiger partial charge on any atom is -0.462 e. The lowest BCUT2D eigenvalue weighted by molar-refractivity contribution is -0.161. The van der Waals surface area contributed by atoms with Crippen LogP contribution in [-0.4, -0.2) is 96.7 Å². The molecule has 0 radical (unpaired) electrons. The highest BCUT2D eigenvalue weighted by Gasteiger charge is 2.30. The average molecular weight is 1530 g/mol. The van der Waals surface area contributed by atoms with Crippen LogP contribution in [0.1, 0.15) is 427 Å². The lowest BCUT2D eigenvalue weighted by atomic mass is 10.00. The second-order valence-corrected chi connectivity index (χ2v) is 34.3. The smallest absolute Gasteiger partial charge is 0.462 e. The van der Waals surface area contributed by atoms with Gasteiger partial charge in [0.2, 0.25) is 0 Å². The number of unbranched alkanes of at least 4 members (excludes halogenated alkanes) is 46. The maximum Gasteiger partial charge on any atom is 0.472 e. The van der Waals surface area contributed by atoms with E-state index in [0.29, 0.717) is 25.7 Å². The molecule has 0 amide bonds. The topological polar surface area (TPSA) is 237 Å². The summed E-state index contributed by atoms with van der Waals surface area (Å²) in [6.07, 6.45) is 68.9. The Bertz CT molecular complexity index is 2120.